The minimum Gasteiger partial charge on any atom is -0.508 e. The number of rotatable bonds is 3. The molecule has 6 heteroatoms. The SMILES string of the molecule is CC(C)(C)c1cc(N=Nc2ccc(O)c(C(=O)O)c2)ccc1O. The van der Waals surface area contributed by atoms with Crippen LogP contribution in [-0.2, 0) is 5.41 Å². The number of hydrogen-bond acceptors (Lipinski definition) is 5. The van der Waals surface area contributed by atoms with Crippen LogP contribution in [0.1, 0.15) is 36.7 Å². The first-order chi connectivity index (χ1) is 10.7. The molecule has 0 heterocycles. The molecule has 6 nitrogen and oxygen atoms in total. The van der Waals surface area contributed by atoms with Crippen molar-refractivity contribution in [3.05, 3.63) is 47.5 Å². The summed E-state index contributed by atoms with van der Waals surface area (Å²) in [5, 5.41) is 36.4. The van der Waals surface area contributed by atoms with Gasteiger partial charge in [0.25, 0.3) is 0 Å². The summed E-state index contributed by atoms with van der Waals surface area (Å²) < 4.78 is 0. The van der Waals surface area contributed by atoms with E-state index in [-0.39, 0.29) is 22.5 Å². The first-order valence-corrected chi connectivity index (χ1v) is 7.00. The predicted octanol–water partition coefficient (Wildman–Crippen LogP) is 4.51. The normalized spacial score (nSPS) is 11.8. The highest BCUT2D eigenvalue weighted by atomic mass is 16.4. The molecule has 2 rings (SSSR count). The van der Waals surface area contributed by atoms with Crippen LogP contribution in [0.4, 0.5) is 11.4 Å². The zero-order valence-electron chi connectivity index (χ0n) is 13.1. The van der Waals surface area contributed by atoms with Gasteiger partial charge in [0.05, 0.1) is 11.4 Å². The Hall–Kier alpha value is -2.89. The van der Waals surface area contributed by atoms with Gasteiger partial charge < -0.3 is 15.3 Å². The van der Waals surface area contributed by atoms with Crippen molar-refractivity contribution in [3.8, 4) is 11.5 Å². The van der Waals surface area contributed by atoms with Gasteiger partial charge in [0.15, 0.2) is 0 Å². The van der Waals surface area contributed by atoms with E-state index in [0.29, 0.717) is 11.4 Å². The Morgan fingerprint density at radius 3 is 1.96 bits per heavy atom. The largest absolute Gasteiger partial charge is 0.508 e. The van der Waals surface area contributed by atoms with Gasteiger partial charge >= 0.3 is 5.97 Å². The third-order valence-corrected chi connectivity index (χ3v) is 3.28. The molecule has 3 N–H and O–H groups in total. The van der Waals surface area contributed by atoms with E-state index in [1.807, 2.05) is 20.8 Å². The average Bonchev–Trinajstić information content (AvgIpc) is 2.46. The average molecular weight is 314 g/mol. The lowest BCUT2D eigenvalue weighted by molar-refractivity contribution is 0.0693. The molecule has 0 bridgehead atoms. The van der Waals surface area contributed by atoms with Crippen LogP contribution < -0.4 is 0 Å². The van der Waals surface area contributed by atoms with Crippen LogP contribution in [0, 0.1) is 0 Å². The summed E-state index contributed by atoms with van der Waals surface area (Å²) in [7, 11) is 0. The van der Waals surface area contributed by atoms with Crippen LogP contribution in [0.15, 0.2) is 46.6 Å². The fourth-order valence-electron chi connectivity index (χ4n) is 2.06. The summed E-state index contributed by atoms with van der Waals surface area (Å²) in [4.78, 5) is 11.0. The first kappa shape index (κ1) is 16.5. The van der Waals surface area contributed by atoms with Crippen molar-refractivity contribution < 1.29 is 20.1 Å². The third kappa shape index (κ3) is 3.85. The van der Waals surface area contributed by atoms with E-state index in [0.717, 1.165) is 5.56 Å². The molecule has 0 aliphatic carbocycles. The van der Waals surface area contributed by atoms with Crippen molar-refractivity contribution in [1.82, 2.24) is 0 Å². The van der Waals surface area contributed by atoms with Crippen molar-refractivity contribution in [2.45, 2.75) is 26.2 Å². The van der Waals surface area contributed by atoms with Gasteiger partial charge in [0.2, 0.25) is 0 Å². The Balaban J connectivity index is 2.34. The first-order valence-electron chi connectivity index (χ1n) is 7.00. The number of aromatic carboxylic acids is 1. The molecule has 0 unspecified atom stereocenters. The van der Waals surface area contributed by atoms with Gasteiger partial charge in [-0.1, -0.05) is 20.8 Å². The Morgan fingerprint density at radius 2 is 1.43 bits per heavy atom. The molecule has 0 aromatic heterocycles. The van der Waals surface area contributed by atoms with Crippen molar-refractivity contribution in [1.29, 1.82) is 0 Å². The van der Waals surface area contributed by atoms with Gasteiger partial charge in [0, 0.05) is 5.56 Å². The molecule has 120 valence electrons. The second kappa shape index (κ2) is 6.08. The summed E-state index contributed by atoms with van der Waals surface area (Å²) in [6.07, 6.45) is 0. The van der Waals surface area contributed by atoms with E-state index in [2.05, 4.69) is 10.2 Å². The lowest BCUT2D eigenvalue weighted by Crippen LogP contribution is -2.10. The molecule has 0 fully saturated rings. The van der Waals surface area contributed by atoms with Gasteiger partial charge in [0.1, 0.15) is 17.1 Å². The van der Waals surface area contributed by atoms with Gasteiger partial charge in [-0.15, -0.1) is 0 Å². The highest BCUT2D eigenvalue weighted by Gasteiger charge is 2.18. The minimum atomic E-state index is -1.24. The summed E-state index contributed by atoms with van der Waals surface area (Å²) in [6, 6.07) is 8.87. The zero-order valence-corrected chi connectivity index (χ0v) is 13.1. The number of azo groups is 1. The lowest BCUT2D eigenvalue weighted by Gasteiger charge is -2.20. The minimum absolute atomic E-state index is 0.189. The van der Waals surface area contributed by atoms with E-state index in [4.69, 9.17) is 5.11 Å². The van der Waals surface area contributed by atoms with E-state index in [1.54, 1.807) is 18.2 Å². The number of phenols is 2. The zero-order chi connectivity index (χ0) is 17.2. The second-order valence-electron chi connectivity index (χ2n) is 6.16. The molecule has 0 radical (unpaired) electrons. The third-order valence-electron chi connectivity index (χ3n) is 3.28. The smallest absolute Gasteiger partial charge is 0.339 e. The van der Waals surface area contributed by atoms with Crippen LogP contribution in [0.2, 0.25) is 0 Å². The van der Waals surface area contributed by atoms with Gasteiger partial charge in [-0.2, -0.15) is 10.2 Å². The molecule has 0 saturated heterocycles. The number of benzene rings is 2. The second-order valence-corrected chi connectivity index (χ2v) is 6.16. The molecule has 0 spiro atoms. The standard InChI is InChI=1S/C17H18N2O4/c1-17(2,3)13-9-11(5-7-15(13)21)19-18-10-4-6-14(20)12(8-10)16(22)23/h4-9,20-21H,1-3H3,(H,22,23). The summed E-state index contributed by atoms with van der Waals surface area (Å²) in [6.45, 7) is 5.92. The maximum absolute atomic E-state index is 11.0. The highest BCUT2D eigenvalue weighted by molar-refractivity contribution is 5.91. The number of aromatic hydroxyl groups is 2. The topological polar surface area (TPSA) is 102 Å². The van der Waals surface area contributed by atoms with E-state index in [9.17, 15) is 15.0 Å². The van der Waals surface area contributed by atoms with Crippen LogP contribution in [-0.4, -0.2) is 21.3 Å². The maximum Gasteiger partial charge on any atom is 0.339 e. The van der Waals surface area contributed by atoms with E-state index in [1.165, 1.54) is 18.2 Å². The molecule has 0 atom stereocenters. The lowest BCUT2D eigenvalue weighted by atomic mass is 9.86. The predicted molar refractivity (Wildman–Crippen MR) is 86.0 cm³/mol. The molecular formula is C17H18N2O4. The Morgan fingerprint density at radius 1 is 0.913 bits per heavy atom. The quantitative estimate of drug-likeness (QED) is 0.725. The maximum atomic E-state index is 11.0. The van der Waals surface area contributed by atoms with Crippen molar-refractivity contribution in [3.63, 3.8) is 0 Å². The van der Waals surface area contributed by atoms with E-state index >= 15 is 0 Å². The Bertz CT molecular complexity index is 777. The number of nitrogens with zero attached hydrogens (tertiary/aromatic N) is 2. The number of phenolic OH excluding ortho intramolecular Hbond substituents is 1. The fraction of sp³-hybridized carbons (Fsp3) is 0.235. The number of carboxylic acids is 1. The molecule has 0 saturated carbocycles. The number of carboxylic acid groups (broad SMARTS) is 1. The van der Waals surface area contributed by atoms with E-state index < -0.39 is 5.97 Å². The fourth-order valence-corrected chi connectivity index (χ4v) is 2.06. The number of hydrogen-bond donors (Lipinski definition) is 3. The van der Waals surface area contributed by atoms with Gasteiger partial charge in [-0.05, 0) is 41.8 Å². The van der Waals surface area contributed by atoms with Crippen molar-refractivity contribution in [2.75, 3.05) is 0 Å². The molecule has 0 amide bonds. The van der Waals surface area contributed by atoms with Gasteiger partial charge in [-0.3, -0.25) is 0 Å². The highest BCUT2D eigenvalue weighted by Crippen LogP contribution is 2.34. The molecule has 2 aromatic rings. The number of carbonyl (C=O) groups is 1. The van der Waals surface area contributed by atoms with Crippen molar-refractivity contribution >= 4 is 17.3 Å². The molecule has 23 heavy (non-hydrogen) atoms. The molecule has 0 aliphatic heterocycles. The van der Waals surface area contributed by atoms with Crippen LogP contribution >= 0.6 is 0 Å². The molecular weight excluding hydrogens is 296 g/mol. The Kier molecular flexibility index (Phi) is 4.36. The van der Waals surface area contributed by atoms with Crippen LogP contribution in [0.3, 0.4) is 0 Å². The molecule has 0 aliphatic rings. The Labute approximate surface area is 133 Å². The van der Waals surface area contributed by atoms with Crippen LogP contribution in [0.5, 0.6) is 11.5 Å². The van der Waals surface area contributed by atoms with Crippen LogP contribution in [0.25, 0.3) is 0 Å². The summed E-state index contributed by atoms with van der Waals surface area (Å²) in [5.41, 5.74) is 1.11. The summed E-state index contributed by atoms with van der Waals surface area (Å²) in [5.74, 6) is -1.37. The monoisotopic (exact) mass is 314 g/mol. The van der Waals surface area contributed by atoms with Crippen molar-refractivity contribution in [2.24, 2.45) is 10.2 Å². The molecule has 2 aromatic carbocycles. The summed E-state index contributed by atoms with van der Waals surface area (Å²) >= 11 is 0. The van der Waals surface area contributed by atoms with Gasteiger partial charge in [-0.25, -0.2) is 4.79 Å².